The van der Waals surface area contributed by atoms with Gasteiger partial charge in [-0.25, -0.2) is 0 Å². The lowest BCUT2D eigenvalue weighted by Gasteiger charge is -2.46. The number of aromatic nitrogens is 1. The number of rotatable bonds is 10. The number of hydrogen-bond acceptors (Lipinski definition) is 2. The summed E-state index contributed by atoms with van der Waals surface area (Å²) in [4.78, 5) is 5.36. The molecule has 0 fully saturated rings. The van der Waals surface area contributed by atoms with Crippen LogP contribution in [0.5, 0.6) is 0 Å². The molecule has 2 aliphatic heterocycles. The fraction of sp³-hybridized carbons (Fsp3) is 0.0833. The number of anilines is 6. The van der Waals surface area contributed by atoms with Crippen molar-refractivity contribution in [2.75, 3.05) is 9.80 Å². The maximum absolute atomic E-state index is 2.68. The standard InChI is InChI=1S/C96H74BN3/c1-95(2,3)72-55-71(56-73(59-72)96(4,5)6)82-62-88-91(80-44-26-25-43-79(80)82)81-45-27-28-50-85(81)98(88)74-60-89-92-90(61-74)100(94-77(67-39-21-11-22-40-67)48-30-49-78(94)68-41-23-12-24-42-68)87-54-52-70(64-33-15-8-16-34-64)58-84(87)97(92)83-57-69(63-31-13-7-14-32-63)51-53-86(83)99(89)93-75(65-35-17-9-18-36-65)46-29-47-76(93)66-37-19-10-20-38-66/h7-62H,1-6H3. The van der Waals surface area contributed by atoms with Crippen molar-refractivity contribution in [3.8, 4) is 83.6 Å². The smallest absolute Gasteiger partial charge is 0.252 e. The SMILES string of the molecule is CC(C)(C)c1cc(-c2cc3c(c4ccccc24)c2ccccc2n3-c2cc3c4c(c2)N(c2c(-c5ccccc5)cccc2-c2ccccc2)c2ccc(-c5ccccc5)cc2B4c2cc(-c4ccccc4)ccc2N3c2c(-c3ccccc3)cccc2-c2ccccc2)cc(C(C)(C)C)c1. The quantitative estimate of drug-likeness (QED) is 0.126. The molecule has 0 spiro atoms. The molecule has 0 atom stereocenters. The number of hydrogen-bond donors (Lipinski definition) is 0. The van der Waals surface area contributed by atoms with E-state index in [4.69, 9.17) is 0 Å². The molecule has 0 N–H and O–H groups in total. The largest absolute Gasteiger partial charge is 0.310 e. The molecule has 15 aromatic carbocycles. The van der Waals surface area contributed by atoms with Crippen LogP contribution in [-0.2, 0) is 10.8 Å². The summed E-state index contributed by atoms with van der Waals surface area (Å²) in [5.41, 5.74) is 32.4. The van der Waals surface area contributed by atoms with E-state index in [2.05, 4.69) is 396 Å². The Morgan fingerprint density at radius 2 is 0.620 bits per heavy atom. The number of fused-ring (bicyclic) bond motifs is 9. The molecule has 2 aliphatic rings. The second kappa shape index (κ2) is 23.9. The summed E-state index contributed by atoms with van der Waals surface area (Å²) in [7, 11) is 0. The van der Waals surface area contributed by atoms with E-state index in [1.165, 1.54) is 82.4 Å². The summed E-state index contributed by atoms with van der Waals surface area (Å²) < 4.78 is 2.62. The van der Waals surface area contributed by atoms with Gasteiger partial charge in [-0.2, -0.15) is 0 Å². The Balaban J connectivity index is 1.05. The molecule has 18 rings (SSSR count). The van der Waals surface area contributed by atoms with E-state index in [0.29, 0.717) is 0 Å². The van der Waals surface area contributed by atoms with Gasteiger partial charge in [0.1, 0.15) is 0 Å². The van der Waals surface area contributed by atoms with Crippen LogP contribution < -0.4 is 26.2 Å². The normalized spacial score (nSPS) is 12.6. The number of nitrogens with zero attached hydrogens (tertiary/aromatic N) is 3. The first kappa shape index (κ1) is 60.4. The molecule has 16 aromatic rings. The molecule has 3 nitrogen and oxygen atoms in total. The van der Waals surface area contributed by atoms with Gasteiger partial charge < -0.3 is 14.4 Å². The minimum atomic E-state index is -0.252. The third-order valence-corrected chi connectivity index (χ3v) is 21.0. The summed E-state index contributed by atoms with van der Waals surface area (Å²) in [6.07, 6.45) is 0. The maximum Gasteiger partial charge on any atom is 0.252 e. The highest BCUT2D eigenvalue weighted by atomic mass is 15.2. The van der Waals surface area contributed by atoms with Crippen LogP contribution in [0.1, 0.15) is 52.7 Å². The first-order valence-electron chi connectivity index (χ1n) is 35.2. The van der Waals surface area contributed by atoms with Crippen LogP contribution >= 0.6 is 0 Å². The van der Waals surface area contributed by atoms with Crippen molar-refractivity contribution >= 4 is 89.8 Å². The highest BCUT2D eigenvalue weighted by Gasteiger charge is 2.46. The average Bonchev–Trinajstić information content (AvgIpc) is 0.891. The highest BCUT2D eigenvalue weighted by molar-refractivity contribution is 7.00. The predicted molar refractivity (Wildman–Crippen MR) is 428 cm³/mol. The molecule has 0 amide bonds. The van der Waals surface area contributed by atoms with Gasteiger partial charge in [0, 0.05) is 55.8 Å². The molecule has 0 saturated carbocycles. The van der Waals surface area contributed by atoms with Crippen molar-refractivity contribution < 1.29 is 0 Å². The zero-order chi connectivity index (χ0) is 67.4. The Bertz CT molecular complexity index is 5460. The first-order chi connectivity index (χ1) is 48.9. The Hall–Kier alpha value is -12.0. The summed E-state index contributed by atoms with van der Waals surface area (Å²) in [6.45, 7) is 13.8. The summed E-state index contributed by atoms with van der Waals surface area (Å²) in [5.74, 6) is 0. The number of para-hydroxylation sites is 3. The van der Waals surface area contributed by atoms with Crippen LogP contribution in [0.3, 0.4) is 0 Å². The van der Waals surface area contributed by atoms with Gasteiger partial charge in [0.2, 0.25) is 0 Å². The lowest BCUT2D eigenvalue weighted by atomic mass is 9.33. The van der Waals surface area contributed by atoms with Crippen LogP contribution in [-0.4, -0.2) is 11.3 Å². The van der Waals surface area contributed by atoms with Gasteiger partial charge in [-0.15, -0.1) is 0 Å². The third-order valence-electron chi connectivity index (χ3n) is 21.0. The lowest BCUT2D eigenvalue weighted by molar-refractivity contribution is 0.569. The second-order valence-electron chi connectivity index (χ2n) is 29.2. The van der Waals surface area contributed by atoms with Crippen LogP contribution in [0.25, 0.3) is 116 Å². The second-order valence-corrected chi connectivity index (χ2v) is 29.2. The van der Waals surface area contributed by atoms with Gasteiger partial charge in [-0.05, 0) is 141 Å². The monoisotopic (exact) mass is 1280 g/mol. The molecule has 3 heterocycles. The Morgan fingerprint density at radius 1 is 0.250 bits per heavy atom. The van der Waals surface area contributed by atoms with Crippen molar-refractivity contribution in [1.82, 2.24) is 4.57 Å². The third kappa shape index (κ3) is 10.1. The van der Waals surface area contributed by atoms with E-state index in [1.807, 2.05) is 0 Å². The van der Waals surface area contributed by atoms with E-state index in [-0.39, 0.29) is 17.5 Å². The van der Waals surface area contributed by atoms with E-state index < -0.39 is 0 Å². The maximum atomic E-state index is 2.68. The van der Waals surface area contributed by atoms with Crippen LogP contribution in [0.4, 0.5) is 34.1 Å². The minimum Gasteiger partial charge on any atom is -0.310 e. The van der Waals surface area contributed by atoms with Gasteiger partial charge in [-0.3, -0.25) is 0 Å². The molecule has 476 valence electrons. The van der Waals surface area contributed by atoms with E-state index in [9.17, 15) is 0 Å². The molecule has 100 heavy (non-hydrogen) atoms. The molecule has 0 bridgehead atoms. The van der Waals surface area contributed by atoms with Gasteiger partial charge >= 0.3 is 0 Å². The van der Waals surface area contributed by atoms with Gasteiger partial charge in [-0.1, -0.05) is 345 Å². The lowest BCUT2D eigenvalue weighted by Crippen LogP contribution is -2.61. The van der Waals surface area contributed by atoms with E-state index >= 15 is 0 Å². The van der Waals surface area contributed by atoms with Crippen molar-refractivity contribution in [3.63, 3.8) is 0 Å². The molecule has 0 aliphatic carbocycles. The van der Waals surface area contributed by atoms with E-state index in [0.717, 1.165) is 95.4 Å². The highest BCUT2D eigenvalue weighted by Crippen LogP contribution is 2.55. The summed E-state index contributed by atoms with van der Waals surface area (Å²) >= 11 is 0. The van der Waals surface area contributed by atoms with E-state index in [1.54, 1.807) is 0 Å². The molecule has 1 aromatic heterocycles. The Kier molecular flexibility index (Phi) is 14.5. The zero-order valence-corrected chi connectivity index (χ0v) is 57.3. The van der Waals surface area contributed by atoms with Gasteiger partial charge in [0.15, 0.2) is 0 Å². The Labute approximate surface area is 587 Å². The first-order valence-corrected chi connectivity index (χ1v) is 35.2. The minimum absolute atomic E-state index is 0.0899. The average molecular weight is 1280 g/mol. The van der Waals surface area contributed by atoms with Crippen molar-refractivity contribution in [1.29, 1.82) is 0 Å². The molecule has 0 radical (unpaired) electrons. The van der Waals surface area contributed by atoms with Crippen molar-refractivity contribution in [3.05, 3.63) is 351 Å². The van der Waals surface area contributed by atoms with Crippen molar-refractivity contribution in [2.45, 2.75) is 52.4 Å². The van der Waals surface area contributed by atoms with Crippen LogP contribution in [0, 0.1) is 0 Å². The number of benzene rings is 15. The summed E-state index contributed by atoms with van der Waals surface area (Å²) in [6, 6.07) is 128. The fourth-order valence-electron chi connectivity index (χ4n) is 16.2. The van der Waals surface area contributed by atoms with Gasteiger partial charge in [0.05, 0.1) is 28.1 Å². The fourth-order valence-corrected chi connectivity index (χ4v) is 16.2. The summed E-state index contributed by atoms with van der Waals surface area (Å²) in [5, 5.41) is 4.90. The molecule has 0 unspecified atom stereocenters. The molecule has 4 heteroatoms. The van der Waals surface area contributed by atoms with Crippen LogP contribution in [0.2, 0.25) is 0 Å². The topological polar surface area (TPSA) is 11.4 Å². The van der Waals surface area contributed by atoms with Crippen LogP contribution in [0.15, 0.2) is 340 Å². The Morgan fingerprint density at radius 3 is 1.03 bits per heavy atom. The molecule has 0 saturated heterocycles. The molecular weight excluding hydrogens is 1210 g/mol. The van der Waals surface area contributed by atoms with Gasteiger partial charge in [0.25, 0.3) is 6.71 Å². The van der Waals surface area contributed by atoms with Crippen molar-refractivity contribution in [2.24, 2.45) is 0 Å². The zero-order valence-electron chi connectivity index (χ0n) is 57.3. The molecular formula is C96H74BN3. The predicted octanol–water partition coefficient (Wildman–Crippen LogP) is 24.3.